The summed E-state index contributed by atoms with van der Waals surface area (Å²) >= 11 is 0. The van der Waals surface area contributed by atoms with Crippen molar-refractivity contribution in [3.8, 4) is 5.75 Å². The molecule has 0 spiro atoms. The minimum Gasteiger partial charge on any atom is -0.507 e. The van der Waals surface area contributed by atoms with Gasteiger partial charge in [0.15, 0.2) is 0 Å². The van der Waals surface area contributed by atoms with Crippen molar-refractivity contribution in [1.82, 2.24) is 4.98 Å². The summed E-state index contributed by atoms with van der Waals surface area (Å²) in [5, 5.41) is 18.2. The number of pyridine rings is 1. The molecule has 1 aromatic carbocycles. The third-order valence-corrected chi connectivity index (χ3v) is 3.87. The number of aromatic carboxylic acids is 1. The second-order valence-electron chi connectivity index (χ2n) is 3.96. The number of hydrogen-bond acceptors (Lipinski definition) is 5. The number of phenols is 1. The Bertz CT molecular complexity index is 790. The van der Waals surface area contributed by atoms with Gasteiger partial charge in [0.1, 0.15) is 11.3 Å². The highest BCUT2D eigenvalue weighted by Crippen LogP contribution is 2.23. The number of hydrogen-bond donors (Lipinski definition) is 3. The first-order valence-electron chi connectivity index (χ1n) is 5.50. The summed E-state index contributed by atoms with van der Waals surface area (Å²) in [6.07, 6.45) is 0.978. The minimum absolute atomic E-state index is 0.0151. The molecular weight excluding hydrogens is 303 g/mol. The fourth-order valence-electron chi connectivity index (χ4n) is 1.50. The summed E-state index contributed by atoms with van der Waals surface area (Å²) in [6.45, 7) is 0. The summed E-state index contributed by atoms with van der Waals surface area (Å²) in [5.74, 6) is -2.78. The first kappa shape index (κ1) is 14.7. The monoisotopic (exact) mass is 312 g/mol. The van der Waals surface area contributed by atoms with Gasteiger partial charge in [0, 0.05) is 0 Å². The van der Waals surface area contributed by atoms with Gasteiger partial charge in [-0.25, -0.2) is 18.2 Å². The SMILES string of the molecule is O=C(O)c1cc(S(=O)(=O)Nc2ccc(F)nc2)ccc1O. The third kappa shape index (κ3) is 3.26. The normalized spacial score (nSPS) is 11.1. The first-order valence-corrected chi connectivity index (χ1v) is 6.98. The Hall–Kier alpha value is -2.68. The molecule has 7 nitrogen and oxygen atoms in total. The van der Waals surface area contributed by atoms with Crippen LogP contribution >= 0.6 is 0 Å². The van der Waals surface area contributed by atoms with Crippen molar-refractivity contribution < 1.29 is 27.8 Å². The predicted octanol–water partition coefficient (Wildman–Crippen LogP) is 1.43. The second kappa shape index (κ2) is 5.37. The number of benzene rings is 1. The van der Waals surface area contributed by atoms with Crippen LogP contribution < -0.4 is 4.72 Å². The molecule has 0 amide bonds. The average Bonchev–Trinajstić information content (AvgIpc) is 2.41. The summed E-state index contributed by atoms with van der Waals surface area (Å²) in [4.78, 5) is 13.8. The van der Waals surface area contributed by atoms with Crippen LogP contribution in [0.15, 0.2) is 41.4 Å². The highest BCUT2D eigenvalue weighted by atomic mass is 32.2. The zero-order chi connectivity index (χ0) is 15.6. The van der Waals surface area contributed by atoms with Gasteiger partial charge in [-0.1, -0.05) is 0 Å². The molecule has 0 unspecified atom stereocenters. The predicted molar refractivity (Wildman–Crippen MR) is 70.1 cm³/mol. The van der Waals surface area contributed by atoms with E-state index in [9.17, 15) is 22.7 Å². The lowest BCUT2D eigenvalue weighted by atomic mass is 10.2. The lowest BCUT2D eigenvalue weighted by molar-refractivity contribution is 0.0693. The number of halogens is 1. The molecule has 2 rings (SSSR count). The van der Waals surface area contributed by atoms with Crippen molar-refractivity contribution in [2.45, 2.75) is 4.90 Å². The van der Waals surface area contributed by atoms with E-state index in [4.69, 9.17) is 5.11 Å². The van der Waals surface area contributed by atoms with Gasteiger partial charge in [-0.15, -0.1) is 0 Å². The molecular formula is C12H9FN2O5S. The van der Waals surface area contributed by atoms with E-state index in [1.807, 2.05) is 0 Å². The van der Waals surface area contributed by atoms with Gasteiger partial charge in [-0.2, -0.15) is 4.39 Å². The van der Waals surface area contributed by atoms with Crippen LogP contribution in [0.4, 0.5) is 10.1 Å². The van der Waals surface area contributed by atoms with E-state index in [-0.39, 0.29) is 10.6 Å². The Kier molecular flexibility index (Phi) is 3.76. The van der Waals surface area contributed by atoms with Crippen molar-refractivity contribution >= 4 is 21.7 Å². The molecule has 0 aliphatic rings. The minimum atomic E-state index is -4.09. The zero-order valence-electron chi connectivity index (χ0n) is 10.3. The highest BCUT2D eigenvalue weighted by molar-refractivity contribution is 7.92. The average molecular weight is 312 g/mol. The number of aromatic hydroxyl groups is 1. The fraction of sp³-hybridized carbons (Fsp3) is 0. The molecule has 1 heterocycles. The van der Waals surface area contributed by atoms with Crippen molar-refractivity contribution in [2.75, 3.05) is 4.72 Å². The van der Waals surface area contributed by atoms with Crippen molar-refractivity contribution in [3.05, 3.63) is 48.0 Å². The van der Waals surface area contributed by atoms with Gasteiger partial charge in [0.05, 0.1) is 16.8 Å². The number of nitrogens with one attached hydrogen (secondary N) is 1. The number of carboxylic acid groups (broad SMARTS) is 1. The van der Waals surface area contributed by atoms with Gasteiger partial charge >= 0.3 is 5.97 Å². The number of sulfonamides is 1. The molecule has 110 valence electrons. The van der Waals surface area contributed by atoms with Crippen LogP contribution in [0.3, 0.4) is 0 Å². The van der Waals surface area contributed by atoms with Crippen LogP contribution in [0.25, 0.3) is 0 Å². The second-order valence-corrected chi connectivity index (χ2v) is 5.64. The van der Waals surface area contributed by atoms with Gasteiger partial charge in [0.2, 0.25) is 5.95 Å². The molecule has 0 saturated carbocycles. The Morgan fingerprint density at radius 3 is 2.52 bits per heavy atom. The molecule has 0 fully saturated rings. The largest absolute Gasteiger partial charge is 0.507 e. The van der Waals surface area contributed by atoms with Crippen LogP contribution in [-0.2, 0) is 10.0 Å². The van der Waals surface area contributed by atoms with Crippen LogP contribution in [0.2, 0.25) is 0 Å². The van der Waals surface area contributed by atoms with E-state index in [1.165, 1.54) is 6.07 Å². The molecule has 0 atom stereocenters. The topological polar surface area (TPSA) is 117 Å². The highest BCUT2D eigenvalue weighted by Gasteiger charge is 2.19. The number of aromatic nitrogens is 1. The summed E-state index contributed by atoms with van der Waals surface area (Å²) in [6, 6.07) is 4.95. The molecule has 2 aromatic rings. The number of anilines is 1. The van der Waals surface area contributed by atoms with E-state index in [0.717, 1.165) is 30.5 Å². The number of carboxylic acids is 1. The standard InChI is InChI=1S/C12H9FN2O5S/c13-11-4-1-7(6-14-11)15-21(19,20)8-2-3-10(16)9(5-8)12(17)18/h1-6,15-16H,(H,17,18). The van der Waals surface area contributed by atoms with Crippen LogP contribution in [0, 0.1) is 5.95 Å². The van der Waals surface area contributed by atoms with Crippen molar-refractivity contribution in [1.29, 1.82) is 0 Å². The molecule has 0 radical (unpaired) electrons. The fourth-order valence-corrected chi connectivity index (χ4v) is 2.57. The van der Waals surface area contributed by atoms with E-state index < -0.39 is 33.3 Å². The third-order valence-electron chi connectivity index (χ3n) is 2.49. The van der Waals surface area contributed by atoms with Crippen LogP contribution in [0.1, 0.15) is 10.4 Å². The lowest BCUT2D eigenvalue weighted by Crippen LogP contribution is -2.14. The van der Waals surface area contributed by atoms with E-state index in [2.05, 4.69) is 9.71 Å². The molecule has 9 heteroatoms. The lowest BCUT2D eigenvalue weighted by Gasteiger charge is -2.09. The molecule has 3 N–H and O–H groups in total. The smallest absolute Gasteiger partial charge is 0.339 e. The van der Waals surface area contributed by atoms with Crippen molar-refractivity contribution in [3.63, 3.8) is 0 Å². The van der Waals surface area contributed by atoms with Gasteiger partial charge in [0.25, 0.3) is 10.0 Å². The molecule has 0 aliphatic heterocycles. The number of carbonyl (C=O) groups is 1. The summed E-state index contributed by atoms with van der Waals surface area (Å²) < 4.78 is 38.9. The Morgan fingerprint density at radius 1 is 1.24 bits per heavy atom. The maximum absolute atomic E-state index is 12.6. The Morgan fingerprint density at radius 2 is 1.95 bits per heavy atom. The van der Waals surface area contributed by atoms with Crippen molar-refractivity contribution in [2.24, 2.45) is 0 Å². The summed E-state index contributed by atoms with van der Waals surface area (Å²) in [7, 11) is -4.09. The van der Waals surface area contributed by atoms with Gasteiger partial charge < -0.3 is 10.2 Å². The van der Waals surface area contributed by atoms with E-state index in [0.29, 0.717) is 0 Å². The molecule has 0 aliphatic carbocycles. The molecule has 21 heavy (non-hydrogen) atoms. The molecule has 1 aromatic heterocycles. The summed E-state index contributed by atoms with van der Waals surface area (Å²) in [5.41, 5.74) is -0.531. The molecule has 0 bridgehead atoms. The number of rotatable bonds is 4. The number of nitrogens with zero attached hydrogens (tertiary/aromatic N) is 1. The first-order chi connectivity index (χ1) is 9.79. The van der Waals surface area contributed by atoms with Crippen LogP contribution in [0.5, 0.6) is 5.75 Å². The Labute approximate surface area is 118 Å². The van der Waals surface area contributed by atoms with E-state index >= 15 is 0 Å². The Balaban J connectivity index is 2.38. The van der Waals surface area contributed by atoms with E-state index in [1.54, 1.807) is 0 Å². The maximum Gasteiger partial charge on any atom is 0.339 e. The van der Waals surface area contributed by atoms with Gasteiger partial charge in [-0.3, -0.25) is 4.72 Å². The maximum atomic E-state index is 12.6. The molecule has 0 saturated heterocycles. The van der Waals surface area contributed by atoms with Gasteiger partial charge in [-0.05, 0) is 30.3 Å². The van der Waals surface area contributed by atoms with Crippen LogP contribution in [-0.4, -0.2) is 29.6 Å². The zero-order valence-corrected chi connectivity index (χ0v) is 11.1. The quantitative estimate of drug-likeness (QED) is 0.735.